The second kappa shape index (κ2) is 19.3. The van der Waals surface area contributed by atoms with E-state index in [1.54, 1.807) is 0 Å². The van der Waals surface area contributed by atoms with Crippen LogP contribution in [-0.2, 0) is 65.4 Å². The topological polar surface area (TPSA) is 0 Å². The van der Waals surface area contributed by atoms with Crippen LogP contribution in [0.3, 0.4) is 0 Å². The summed E-state index contributed by atoms with van der Waals surface area (Å²) in [5.74, 6) is 0. The van der Waals surface area contributed by atoms with Gasteiger partial charge in [0.05, 0.1) is 0 Å². The van der Waals surface area contributed by atoms with Crippen LogP contribution in [0.5, 0.6) is 0 Å². The molecular formula is C15H22Y2-2. The summed E-state index contributed by atoms with van der Waals surface area (Å²) in [7, 11) is 0. The molecule has 0 unspecified atom stereocenters. The van der Waals surface area contributed by atoms with Gasteiger partial charge >= 0.3 is 0 Å². The van der Waals surface area contributed by atoms with Crippen molar-refractivity contribution < 1.29 is 65.4 Å². The van der Waals surface area contributed by atoms with Crippen LogP contribution in [0.25, 0.3) is 0 Å². The average Bonchev–Trinajstić information content (AvgIpc) is 2.18. The number of hydrogen-bond donors (Lipinski definition) is 0. The van der Waals surface area contributed by atoms with Crippen molar-refractivity contribution in [2.45, 2.75) is 27.7 Å². The summed E-state index contributed by atoms with van der Waals surface area (Å²) in [6.07, 6.45) is 2.56. The minimum Gasteiger partial charge on any atom is -0.394 e. The Morgan fingerprint density at radius 3 is 0.824 bits per heavy atom. The van der Waals surface area contributed by atoms with E-state index in [1.165, 1.54) is 12.2 Å². The van der Waals surface area contributed by atoms with Crippen molar-refractivity contribution in [2.24, 2.45) is 5.41 Å². The Balaban J connectivity index is -0.0000000721. The van der Waals surface area contributed by atoms with Crippen LogP contribution in [0.15, 0.2) is 48.6 Å². The van der Waals surface area contributed by atoms with E-state index in [9.17, 15) is 0 Å². The van der Waals surface area contributed by atoms with E-state index in [2.05, 4.69) is 27.7 Å². The molecule has 0 amide bonds. The van der Waals surface area contributed by atoms with Gasteiger partial charge < -0.3 is 25.3 Å². The summed E-state index contributed by atoms with van der Waals surface area (Å²) >= 11 is 0. The summed E-state index contributed by atoms with van der Waals surface area (Å²) in [6, 6.07) is 12.0. The van der Waals surface area contributed by atoms with Crippen LogP contribution < -0.4 is 0 Å². The van der Waals surface area contributed by atoms with E-state index < -0.39 is 0 Å². The third kappa shape index (κ3) is 60.1. The molecule has 1 aromatic rings. The average molecular weight is 380 g/mol. The molecule has 0 aliphatic heterocycles. The fraction of sp³-hybridized carbons (Fsp3) is 0.333. The van der Waals surface area contributed by atoms with Crippen molar-refractivity contribution >= 4 is 0 Å². The van der Waals surface area contributed by atoms with Crippen LogP contribution >= 0.6 is 0 Å². The summed E-state index contributed by atoms with van der Waals surface area (Å²) in [6.45, 7) is 18.2. The van der Waals surface area contributed by atoms with Gasteiger partial charge in [-0.15, -0.1) is 0 Å². The maximum atomic E-state index is 4.72. The van der Waals surface area contributed by atoms with Crippen molar-refractivity contribution in [1.82, 2.24) is 0 Å². The first kappa shape index (κ1) is 26.5. The Kier molecular flexibility index (Phi) is 30.0. The fourth-order valence-corrected chi connectivity index (χ4v) is 0.385. The molecule has 2 radical (unpaired) electrons. The quantitative estimate of drug-likeness (QED) is 0.490. The summed E-state index contributed by atoms with van der Waals surface area (Å²) < 4.78 is 0. The van der Waals surface area contributed by atoms with Crippen LogP contribution in [0.4, 0.5) is 0 Å². The Bertz CT molecular complexity index is 196. The molecule has 0 saturated heterocycles. The van der Waals surface area contributed by atoms with Gasteiger partial charge in [0, 0.05) is 65.4 Å². The predicted octanol–water partition coefficient (Wildman–Crippen LogP) is 4.70. The second-order valence-corrected chi connectivity index (χ2v) is 4.54. The van der Waals surface area contributed by atoms with Gasteiger partial charge in [0.25, 0.3) is 0 Å². The van der Waals surface area contributed by atoms with Crippen molar-refractivity contribution in [1.29, 1.82) is 0 Å². The number of rotatable bonds is 1. The molecule has 0 heterocycles. The molecule has 0 atom stereocenters. The van der Waals surface area contributed by atoms with E-state index in [0.29, 0.717) is 5.41 Å². The molecule has 1 aromatic carbocycles. The smallest absolute Gasteiger partial charge is 0 e. The van der Waals surface area contributed by atoms with E-state index in [4.69, 9.17) is 13.2 Å². The Hall–Kier alpha value is 0.908. The zero-order valence-electron chi connectivity index (χ0n) is 11.4. The van der Waals surface area contributed by atoms with Crippen molar-refractivity contribution in [3.8, 4) is 0 Å². The van der Waals surface area contributed by atoms with Crippen LogP contribution in [-0.4, -0.2) is 0 Å². The monoisotopic (exact) mass is 380 g/mol. The maximum absolute atomic E-state index is 4.72. The van der Waals surface area contributed by atoms with Crippen molar-refractivity contribution in [3.05, 3.63) is 61.7 Å². The maximum Gasteiger partial charge on any atom is 0 e. The minimum atomic E-state index is 0. The molecule has 2 heteroatoms. The Morgan fingerprint density at radius 2 is 0.765 bits per heavy atom. The number of benzene rings is 1. The molecule has 1 rings (SSSR count). The largest absolute Gasteiger partial charge is 0.394 e. The normalized spacial score (nSPS) is 7.53. The standard InChI is InChI=1S/C6H6.C5H12.C4H4.2Y/c1-2-4-6-5-3-1;1-5(2,3)4;1-3-4-2;;/h1-6H;1-4H3;1-4H;;/q;;-2;;. The third-order valence-corrected chi connectivity index (χ3v) is 0.778. The van der Waals surface area contributed by atoms with Crippen LogP contribution in [0.2, 0.25) is 0 Å². The van der Waals surface area contributed by atoms with Gasteiger partial charge in [0.2, 0.25) is 0 Å². The van der Waals surface area contributed by atoms with Gasteiger partial charge in [-0.1, -0.05) is 64.1 Å². The first-order valence-electron chi connectivity index (χ1n) is 5.00. The second-order valence-electron chi connectivity index (χ2n) is 4.54. The van der Waals surface area contributed by atoms with Crippen LogP contribution in [0, 0.1) is 18.6 Å². The molecule has 0 saturated carbocycles. The zero-order chi connectivity index (χ0) is 12.2. The first-order chi connectivity index (χ1) is 6.91. The molecule has 0 N–H and O–H groups in total. The Labute approximate surface area is 158 Å². The fourth-order valence-electron chi connectivity index (χ4n) is 0.385. The Morgan fingerprint density at radius 1 is 0.647 bits per heavy atom. The molecule has 0 aromatic heterocycles. The molecule has 17 heavy (non-hydrogen) atoms. The van der Waals surface area contributed by atoms with Gasteiger partial charge in [-0.05, 0) is 5.41 Å². The molecule has 0 fully saturated rings. The van der Waals surface area contributed by atoms with E-state index in [0.717, 1.165) is 0 Å². The summed E-state index contributed by atoms with van der Waals surface area (Å²) in [4.78, 5) is 0. The first-order valence-corrected chi connectivity index (χ1v) is 5.00. The van der Waals surface area contributed by atoms with Gasteiger partial charge in [0.1, 0.15) is 0 Å². The molecule has 0 bridgehead atoms. The molecular weight excluding hydrogens is 358 g/mol. The minimum absolute atomic E-state index is 0. The SMILES string of the molecule is CC(C)(C)C.[CH-]=CC=[CH-].[Y].[Y].c1ccccc1. The van der Waals surface area contributed by atoms with Crippen molar-refractivity contribution in [2.75, 3.05) is 0 Å². The number of allylic oxidation sites excluding steroid dienone is 2. The van der Waals surface area contributed by atoms with Crippen molar-refractivity contribution in [3.63, 3.8) is 0 Å². The van der Waals surface area contributed by atoms with Gasteiger partial charge in [-0.2, -0.15) is 0 Å². The van der Waals surface area contributed by atoms with E-state index >= 15 is 0 Å². The van der Waals surface area contributed by atoms with E-state index in [1.807, 2.05) is 36.4 Å². The zero-order valence-corrected chi connectivity index (χ0v) is 17.1. The molecule has 0 spiro atoms. The summed E-state index contributed by atoms with van der Waals surface area (Å²) in [5, 5.41) is 0. The number of hydrogen-bond acceptors (Lipinski definition) is 0. The molecule has 0 aliphatic carbocycles. The molecule has 0 nitrogen and oxygen atoms in total. The molecule has 90 valence electrons. The van der Waals surface area contributed by atoms with E-state index in [-0.39, 0.29) is 65.4 Å². The molecule has 0 aliphatic rings. The van der Waals surface area contributed by atoms with Gasteiger partial charge in [-0.3, -0.25) is 0 Å². The van der Waals surface area contributed by atoms with Crippen LogP contribution in [0.1, 0.15) is 27.7 Å². The predicted molar refractivity (Wildman–Crippen MR) is 69.3 cm³/mol. The van der Waals surface area contributed by atoms with Gasteiger partial charge in [0.15, 0.2) is 0 Å². The van der Waals surface area contributed by atoms with Gasteiger partial charge in [-0.25, -0.2) is 0 Å². The summed E-state index contributed by atoms with van der Waals surface area (Å²) in [5.41, 5.74) is 0.500. The third-order valence-electron chi connectivity index (χ3n) is 0.778.